The molecule has 2 aromatic carbocycles. The minimum Gasteiger partial charge on any atom is -0.494 e. The summed E-state index contributed by atoms with van der Waals surface area (Å²) in [5.41, 5.74) is 8.62. The number of aromatic nitrogens is 2. The van der Waals surface area contributed by atoms with Crippen LogP contribution in [0.3, 0.4) is 0 Å². The van der Waals surface area contributed by atoms with Gasteiger partial charge in [-0.25, -0.2) is 0 Å². The molecule has 0 fully saturated rings. The van der Waals surface area contributed by atoms with Gasteiger partial charge in [0, 0.05) is 794 Å². The Labute approximate surface area is 998 Å². The van der Waals surface area contributed by atoms with Crippen molar-refractivity contribution in [2.75, 3.05) is 24.3 Å². The van der Waals surface area contributed by atoms with Crippen molar-refractivity contribution in [1.29, 1.82) is 0 Å². The molecular weight excluding hydrogens is 3350 g/mol. The Balaban J connectivity index is 0.00000173. The number of benzene rings is 2. The van der Waals surface area contributed by atoms with E-state index in [0.29, 0.717) is 38.2 Å². The number of carbonyl (C=O) groups is 3. The highest BCUT2D eigenvalue weighted by molar-refractivity contribution is 9.11. The Morgan fingerprint density at radius 1 is 0.320 bits per heavy atom. The molecular formula is C34H38Br2N4O6S82. The van der Waals surface area contributed by atoms with Crippen LogP contribution in [0.2, 0.25) is 0 Å². The van der Waals surface area contributed by atoms with Crippen molar-refractivity contribution in [2.24, 2.45) is 0 Å². The zero-order valence-electron chi connectivity index (χ0n) is 59.2. The lowest BCUT2D eigenvalue weighted by molar-refractivity contribution is -0.137. The van der Waals surface area contributed by atoms with Crippen LogP contribution in [0.25, 0.3) is 0 Å². The number of Topliss-reactive ketones (excluding diaryl/α,β-unsaturated/α-hetero) is 1. The summed E-state index contributed by atoms with van der Waals surface area (Å²) in [4.78, 5) is 41.9. The van der Waals surface area contributed by atoms with E-state index < -0.39 is 5.97 Å². The SMILES string of the molecule is Cc1cc(N)ccn1.Cc1cc(NC(=O)CC(=O)CCCOc2cccc(Br)c2)ccn1.O=C(O)CCCOc1cccc(Br)c1.S=S=S=S=S=S=S=S=S=S=S=S=S=S=S=S=S=S=S=S=S=S=S=S=S=S=S=S=S=S=S=S=S=S=S=S.S=S=S=S=S=S=S=S=S=S=S=S=S=S=S=S=S=S=S=S=S=S=S=S=S=S=S=S=S=S=S=S=S=S=S=S=S=S=S=S=S=S=S=S=S=S. The van der Waals surface area contributed by atoms with Crippen molar-refractivity contribution in [3.05, 3.63) is 106 Å². The number of carboxylic acids is 1. The molecule has 0 aliphatic carbocycles. The molecule has 0 saturated heterocycles. The molecule has 0 spiro atoms. The molecule has 0 aliphatic heterocycles. The number of nitrogens with one attached hydrogen (secondary N) is 1. The Kier molecular flexibility index (Phi) is 134. The van der Waals surface area contributed by atoms with E-state index in [4.69, 9.17) is 65.1 Å². The zero-order chi connectivity index (χ0) is 92.9. The first kappa shape index (κ1) is 142. The molecule has 0 radical (unpaired) electrons. The summed E-state index contributed by atoms with van der Waals surface area (Å²) in [5, 5.41) is 11.1. The Morgan fingerprint density at radius 2 is 0.539 bits per heavy atom. The lowest BCUT2D eigenvalue weighted by atomic mass is 10.1. The van der Waals surface area contributed by atoms with Crippen molar-refractivity contribution in [2.45, 2.75) is 46.0 Å². The van der Waals surface area contributed by atoms with E-state index in [-0.39, 0.29) is 24.5 Å². The number of anilines is 2. The van der Waals surface area contributed by atoms with Crippen LogP contribution >= 0.6 is 31.9 Å². The number of ether oxygens (including phenoxy) is 2. The van der Waals surface area contributed by atoms with Crippen LogP contribution in [0.4, 0.5) is 11.4 Å². The Hall–Kier alpha value is 13.8. The number of halogens is 2. The average molecular weight is 3390 g/mol. The predicted molar refractivity (Wildman–Crippen MR) is 790 cm³/mol. The van der Waals surface area contributed by atoms with Crippen LogP contribution in [0.5, 0.6) is 11.5 Å². The first-order chi connectivity index (χ1) is 62.8. The molecule has 1 amide bonds. The summed E-state index contributed by atoms with van der Waals surface area (Å²) in [6, 6.07) is 22.0. The van der Waals surface area contributed by atoms with E-state index in [1.54, 1.807) is 244 Å². The van der Waals surface area contributed by atoms with Gasteiger partial charge in [0.25, 0.3) is 0 Å². The fourth-order valence-corrected chi connectivity index (χ4v) is 208. The number of hydrogen-bond acceptors (Lipinski definition) is 12. The van der Waals surface area contributed by atoms with Gasteiger partial charge in [0.1, 0.15) is 17.3 Å². The van der Waals surface area contributed by atoms with Gasteiger partial charge in [-0.3, -0.25) is 24.4 Å². The van der Waals surface area contributed by atoms with Gasteiger partial charge < -0.3 is 25.6 Å². The fraction of sp³-hybridized carbons (Fsp3) is 0.265. The quantitative estimate of drug-likeness (QED) is 0.0903. The Morgan fingerprint density at radius 3 is 0.734 bits per heavy atom. The number of pyridine rings is 2. The van der Waals surface area contributed by atoms with Crippen molar-refractivity contribution < 1.29 is 29.0 Å². The number of nitrogen functional groups attached to an aromatic ring is 1. The molecule has 10 nitrogen and oxygen atoms in total. The predicted octanol–water partition coefficient (Wildman–Crippen LogP) is 7.38. The second-order valence-electron chi connectivity index (χ2n) is 15.2. The van der Waals surface area contributed by atoms with Crippen LogP contribution in [-0.4, -0.2) is 45.9 Å². The smallest absolute Gasteiger partial charge is 0.303 e. The van der Waals surface area contributed by atoms with Crippen molar-refractivity contribution in [3.63, 3.8) is 0 Å². The highest BCUT2D eigenvalue weighted by Gasteiger charge is 2.10. The second-order valence-corrected chi connectivity index (χ2v) is 155. The molecule has 0 unspecified atom stereocenters. The third-order valence-electron chi connectivity index (χ3n) is 7.83. The number of aryl methyl sites for hydroxylation is 2. The summed E-state index contributed by atoms with van der Waals surface area (Å²) in [6.45, 7) is 4.62. The van der Waals surface area contributed by atoms with Gasteiger partial charge in [-0.15, -0.1) is 0 Å². The molecule has 0 atom stereocenters. The maximum Gasteiger partial charge on any atom is 0.303 e. The van der Waals surface area contributed by atoms with Crippen molar-refractivity contribution >= 4 is 798 Å². The van der Waals surface area contributed by atoms with Crippen molar-refractivity contribution in [1.82, 2.24) is 9.97 Å². The number of ketones is 1. The minimum atomic E-state index is -0.789. The minimum absolute atomic E-state index is 0.101. The third kappa shape index (κ3) is 117. The summed E-state index contributed by atoms with van der Waals surface area (Å²) < 4.78 is 12.8. The number of carbonyl (C=O) groups excluding carboxylic acids is 2. The standard InChI is InChI=1S/C18H19BrN2O3.C10H11BrO3.C6H8N2.S46.S36/c1-13-10-15(7-8-20-13)21-18(23)12-16(22)5-3-9-24-17-6-2-4-14(19)11-17;11-8-3-1-4-9(7-8)14-6-2-5-10(12)13;1-5-4-6(7)2-3-8-5;1-3-5-7-9-11-13-15-17-19-21-23-25-27-29-31-33-35-37-39-41-43-45-46-44-42-40-38-36-34-32-30-28-26-24-22-20-18-16-14-12-10-8-6-4-2;1-3-5-7-9-11-13-15-17-19-21-23-25-27-29-31-33-35-36-34-32-30-28-26-24-22-20-18-16-14-12-10-8-6-4-2/h2,4,6-8,10-11H,3,5,9,12H2,1H3,(H,20,21,23);1,3-4,7H,2,5-6H2,(H,12,13);2-4H,1H3,(H2,7,8);;. The maximum absolute atomic E-state index is 11.8. The van der Waals surface area contributed by atoms with Gasteiger partial charge in [0.15, 0.2) is 0 Å². The maximum atomic E-state index is 11.8. The average Bonchev–Trinajstić information content (AvgIpc) is 0.877. The van der Waals surface area contributed by atoms with Gasteiger partial charge in [-0.05, 0) is 87.4 Å². The lowest BCUT2D eigenvalue weighted by Gasteiger charge is -2.07. The van der Waals surface area contributed by atoms with Crippen LogP contribution in [0, 0.1) is 13.8 Å². The molecule has 94 heteroatoms. The van der Waals surface area contributed by atoms with Crippen LogP contribution in [0.1, 0.15) is 43.5 Å². The van der Waals surface area contributed by atoms with Gasteiger partial charge in [0.05, 0.1) is 19.6 Å². The molecule has 128 heavy (non-hydrogen) atoms. The van der Waals surface area contributed by atoms with Gasteiger partial charge in [-0.1, -0.05) is 44.0 Å². The van der Waals surface area contributed by atoms with Gasteiger partial charge in [0.2, 0.25) is 5.91 Å². The largest absolute Gasteiger partial charge is 0.494 e. The molecule has 4 rings (SSSR count). The normalized spacial score (nSPS) is 8.50. The van der Waals surface area contributed by atoms with E-state index in [9.17, 15) is 14.4 Å². The highest BCUT2D eigenvalue weighted by atomic mass is 79.9. The first-order valence-electron chi connectivity index (χ1n) is 27.7. The number of carboxylic acid groups (broad SMARTS) is 1. The third-order valence-corrected chi connectivity index (χ3v) is 178. The molecule has 2 aromatic heterocycles. The van der Waals surface area contributed by atoms with Crippen LogP contribution < -0.4 is 20.5 Å². The molecule has 2 heterocycles. The molecule has 0 aliphatic rings. The monoisotopic (exact) mass is 3380 g/mol. The number of aliphatic carboxylic acids is 1. The number of amides is 1. The van der Waals surface area contributed by atoms with E-state index in [1.165, 1.54) is 35.5 Å². The molecule has 736 valence electrons. The number of hydrogen-bond donors (Lipinski definition) is 3. The highest BCUT2D eigenvalue weighted by Crippen LogP contribution is 2.19. The Bertz CT molecular complexity index is 8180. The summed E-state index contributed by atoms with van der Waals surface area (Å²) in [6.07, 6.45) is 4.76. The molecule has 0 saturated carbocycles. The van der Waals surface area contributed by atoms with Crippen LogP contribution in [-0.2, 0) is 752 Å². The number of rotatable bonds is 13. The molecule has 4 N–H and O–H groups in total. The van der Waals surface area contributed by atoms with Gasteiger partial charge in [-0.2, -0.15) is 0 Å². The molecule has 0 bridgehead atoms. The zero-order valence-corrected chi connectivity index (χ0v) is 129. The topological polar surface area (TPSA) is 154 Å². The van der Waals surface area contributed by atoms with Gasteiger partial charge >= 0.3 is 5.97 Å². The first-order valence-corrected chi connectivity index (χ1v) is 136. The summed E-state index contributed by atoms with van der Waals surface area (Å²) in [7, 11) is 138. The van der Waals surface area contributed by atoms with E-state index in [2.05, 4.69) is 47.1 Å². The van der Waals surface area contributed by atoms with E-state index in [0.717, 1.165) is 37.5 Å². The number of nitrogens with two attached hydrogens (primary N) is 1. The summed E-state index contributed by atoms with van der Waals surface area (Å²) >= 11 is 25.9. The van der Waals surface area contributed by atoms with E-state index in [1.807, 2.05) is 512 Å². The van der Waals surface area contributed by atoms with E-state index >= 15 is 0 Å². The lowest BCUT2D eigenvalue weighted by Crippen LogP contribution is -2.17. The summed E-state index contributed by atoms with van der Waals surface area (Å²) in [5.74, 6) is 0.310. The fourth-order valence-electron chi connectivity index (χ4n) is 4.49. The number of nitrogens with zero attached hydrogens (tertiary/aromatic N) is 2. The van der Waals surface area contributed by atoms with Crippen LogP contribution in [0.15, 0.2) is 94.1 Å². The molecule has 4 aromatic rings. The van der Waals surface area contributed by atoms with Crippen molar-refractivity contribution in [3.8, 4) is 11.5 Å². The second kappa shape index (κ2) is 121.